The fourth-order valence-electron chi connectivity index (χ4n) is 7.69. The van der Waals surface area contributed by atoms with Crippen molar-refractivity contribution in [3.05, 3.63) is 30.4 Å². The molecule has 6 atom stereocenters. The third kappa shape index (κ3) is 5.39. The first kappa shape index (κ1) is 26.8. The number of hydrogen-bond acceptors (Lipinski definition) is 6. The average molecular weight is 455 g/mol. The molecule has 0 aliphatic heterocycles. The summed E-state index contributed by atoms with van der Waals surface area (Å²) in [5, 5.41) is 0. The summed E-state index contributed by atoms with van der Waals surface area (Å²) in [5.74, 6) is 3.59. The zero-order chi connectivity index (χ0) is 24.5. The number of carbonyl (C=O) groups excluding carboxylic acids is 4. The van der Waals surface area contributed by atoms with Crippen LogP contribution in [0, 0.1) is 34.5 Å². The normalized spacial score (nSPS) is 34.0. The number of aromatic nitrogens is 2. The Bertz CT molecular complexity index is 846. The van der Waals surface area contributed by atoms with Crippen molar-refractivity contribution in [2.45, 2.75) is 85.5 Å². The van der Waals surface area contributed by atoms with Gasteiger partial charge < -0.3 is 0 Å². The van der Waals surface area contributed by atoms with Gasteiger partial charge in [0, 0.05) is 12.4 Å². The van der Waals surface area contributed by atoms with Crippen LogP contribution in [-0.2, 0) is 19.2 Å². The van der Waals surface area contributed by atoms with Crippen molar-refractivity contribution in [1.29, 1.82) is 0 Å². The Hall–Kier alpha value is -2.42. The van der Waals surface area contributed by atoms with Crippen LogP contribution in [0.3, 0.4) is 0 Å². The molecule has 0 aromatic carbocycles. The minimum Gasteiger partial charge on any atom is -0.261 e. The third-order valence-corrected chi connectivity index (χ3v) is 8.91. The molecule has 6 nitrogen and oxygen atoms in total. The van der Waals surface area contributed by atoms with E-state index in [1.165, 1.54) is 63.4 Å². The Morgan fingerprint density at radius 1 is 0.970 bits per heavy atom. The molecule has 2 fully saturated rings. The first-order valence-corrected chi connectivity index (χ1v) is 12.3. The molecule has 1 aromatic rings. The standard InChI is InChI=1S/C25H38N2.2CO2/c1-5-7-18-8-9-19-20-10-11-22(23-17-26-15-16-27-23)25(20,4)14-12-21(19)24(18,3)13-6-2;2*2-1-3/h11,15-21H,5-10,12-14H2,1-4H3;;/t18-,19+,20+,21+,24+,25+;;/m1../s1. The van der Waals surface area contributed by atoms with Crippen LogP contribution in [0.1, 0.15) is 91.2 Å². The lowest BCUT2D eigenvalue weighted by Gasteiger charge is -2.59. The molecule has 3 aliphatic carbocycles. The van der Waals surface area contributed by atoms with E-state index in [0.29, 0.717) is 10.8 Å². The number of nitrogens with zero attached hydrogens (tertiary/aromatic N) is 2. The molecule has 0 radical (unpaired) electrons. The van der Waals surface area contributed by atoms with Crippen molar-refractivity contribution in [2.75, 3.05) is 0 Å². The van der Waals surface area contributed by atoms with Gasteiger partial charge in [-0.25, -0.2) is 0 Å². The Morgan fingerprint density at radius 3 is 2.24 bits per heavy atom. The molecular weight excluding hydrogens is 416 g/mol. The number of allylic oxidation sites excluding steroid dienone is 2. The first-order chi connectivity index (χ1) is 15.9. The molecule has 0 N–H and O–H groups in total. The van der Waals surface area contributed by atoms with Crippen LogP contribution >= 0.6 is 0 Å². The van der Waals surface area contributed by atoms with Crippen molar-refractivity contribution in [3.8, 4) is 0 Å². The lowest BCUT2D eigenvalue weighted by atomic mass is 9.46. The van der Waals surface area contributed by atoms with E-state index in [-0.39, 0.29) is 12.3 Å². The maximum absolute atomic E-state index is 8.12. The summed E-state index contributed by atoms with van der Waals surface area (Å²) < 4.78 is 0. The highest BCUT2D eigenvalue weighted by molar-refractivity contribution is 5.70. The summed E-state index contributed by atoms with van der Waals surface area (Å²) in [4.78, 5) is 41.5. The lowest BCUT2D eigenvalue weighted by molar-refractivity contribution is -0.193. The largest absolute Gasteiger partial charge is 0.373 e. The second kappa shape index (κ2) is 12.2. The number of fused-ring (bicyclic) bond motifs is 3. The van der Waals surface area contributed by atoms with Gasteiger partial charge in [0.25, 0.3) is 0 Å². The van der Waals surface area contributed by atoms with Gasteiger partial charge in [-0.05, 0) is 78.6 Å². The highest BCUT2D eigenvalue weighted by Gasteiger charge is 2.57. The van der Waals surface area contributed by atoms with E-state index in [9.17, 15) is 0 Å². The lowest BCUT2D eigenvalue weighted by Crippen LogP contribution is -2.51. The van der Waals surface area contributed by atoms with Crippen molar-refractivity contribution >= 4 is 17.9 Å². The zero-order valence-electron chi connectivity index (χ0n) is 20.5. The van der Waals surface area contributed by atoms with Crippen LogP contribution in [0.25, 0.3) is 5.57 Å². The predicted molar refractivity (Wildman–Crippen MR) is 123 cm³/mol. The minimum absolute atomic E-state index is 0.250. The van der Waals surface area contributed by atoms with Gasteiger partial charge in [0.1, 0.15) is 0 Å². The van der Waals surface area contributed by atoms with Crippen LogP contribution in [0.2, 0.25) is 0 Å². The topological polar surface area (TPSA) is 94.1 Å². The fraction of sp³-hybridized carbons (Fsp3) is 0.704. The summed E-state index contributed by atoms with van der Waals surface area (Å²) in [5.41, 5.74) is 3.48. The van der Waals surface area contributed by atoms with Gasteiger partial charge in [-0.1, -0.05) is 53.0 Å². The molecule has 2 saturated carbocycles. The zero-order valence-corrected chi connectivity index (χ0v) is 20.5. The second-order valence-corrected chi connectivity index (χ2v) is 10.3. The maximum Gasteiger partial charge on any atom is 0.373 e. The molecule has 1 aromatic heterocycles. The van der Waals surface area contributed by atoms with Gasteiger partial charge in [-0.2, -0.15) is 19.2 Å². The molecule has 3 aliphatic rings. The molecule has 0 amide bonds. The minimum atomic E-state index is 0.250. The van der Waals surface area contributed by atoms with Gasteiger partial charge in [-0.3, -0.25) is 9.97 Å². The molecule has 4 rings (SSSR count). The van der Waals surface area contributed by atoms with Gasteiger partial charge in [0.15, 0.2) is 0 Å². The van der Waals surface area contributed by atoms with Crippen molar-refractivity contribution in [3.63, 3.8) is 0 Å². The predicted octanol–water partition coefficient (Wildman–Crippen LogP) is 5.76. The molecule has 0 spiro atoms. The summed E-state index contributed by atoms with van der Waals surface area (Å²) in [6.45, 7) is 9.98. The van der Waals surface area contributed by atoms with Gasteiger partial charge in [0.2, 0.25) is 0 Å². The van der Waals surface area contributed by atoms with Crippen LogP contribution in [0.4, 0.5) is 0 Å². The summed E-state index contributed by atoms with van der Waals surface area (Å²) in [6.07, 6.45) is 21.1. The Morgan fingerprint density at radius 2 is 1.67 bits per heavy atom. The van der Waals surface area contributed by atoms with E-state index < -0.39 is 0 Å². The molecule has 0 unspecified atom stereocenters. The van der Waals surface area contributed by atoms with Crippen LogP contribution in [0.15, 0.2) is 24.7 Å². The van der Waals surface area contributed by atoms with Crippen LogP contribution in [-0.4, -0.2) is 22.3 Å². The highest BCUT2D eigenvalue weighted by Crippen LogP contribution is 2.66. The highest BCUT2D eigenvalue weighted by atomic mass is 16.2. The van der Waals surface area contributed by atoms with E-state index in [4.69, 9.17) is 19.2 Å². The smallest absolute Gasteiger partial charge is 0.261 e. The van der Waals surface area contributed by atoms with Crippen molar-refractivity contribution in [1.82, 2.24) is 9.97 Å². The Kier molecular flexibility index (Phi) is 9.88. The van der Waals surface area contributed by atoms with E-state index in [0.717, 1.165) is 29.4 Å². The van der Waals surface area contributed by atoms with Gasteiger partial charge in [-0.15, -0.1) is 0 Å². The second-order valence-electron chi connectivity index (χ2n) is 10.3. The Balaban J connectivity index is 0.000000582. The van der Waals surface area contributed by atoms with E-state index in [1.54, 1.807) is 6.20 Å². The summed E-state index contributed by atoms with van der Waals surface area (Å²) in [7, 11) is 0. The third-order valence-electron chi connectivity index (χ3n) is 8.91. The number of rotatable bonds is 5. The average Bonchev–Trinajstić information content (AvgIpc) is 3.15. The first-order valence-electron chi connectivity index (χ1n) is 12.3. The van der Waals surface area contributed by atoms with Crippen LogP contribution in [0.5, 0.6) is 0 Å². The van der Waals surface area contributed by atoms with Crippen molar-refractivity contribution in [2.24, 2.45) is 34.5 Å². The number of hydrogen-bond donors (Lipinski definition) is 0. The van der Waals surface area contributed by atoms with E-state index in [2.05, 4.69) is 43.7 Å². The van der Waals surface area contributed by atoms with Gasteiger partial charge >= 0.3 is 12.3 Å². The van der Waals surface area contributed by atoms with E-state index in [1.807, 2.05) is 12.4 Å². The van der Waals surface area contributed by atoms with E-state index >= 15 is 0 Å². The molecule has 1 heterocycles. The summed E-state index contributed by atoms with van der Waals surface area (Å²) >= 11 is 0. The molecule has 0 saturated heterocycles. The quantitative estimate of drug-likeness (QED) is 0.561. The molecule has 180 valence electrons. The van der Waals surface area contributed by atoms with Crippen molar-refractivity contribution < 1.29 is 19.2 Å². The fourth-order valence-corrected chi connectivity index (χ4v) is 7.69. The van der Waals surface area contributed by atoms with Gasteiger partial charge in [0.05, 0.1) is 11.9 Å². The molecule has 33 heavy (non-hydrogen) atoms. The molecule has 0 bridgehead atoms. The summed E-state index contributed by atoms with van der Waals surface area (Å²) in [6, 6.07) is 0. The molecular formula is C27H38N2O4. The van der Waals surface area contributed by atoms with Crippen LogP contribution < -0.4 is 0 Å². The SMILES string of the molecule is CCC[C@@H]1CC[C@@H]2[C@H](CC[C@]3(C)C(c4cnccn4)=CC[C@@H]23)[C@@]1(C)CCC.O=C=O.O=C=O. The monoisotopic (exact) mass is 454 g/mol. The molecule has 6 heteroatoms. The Labute approximate surface area is 197 Å². The maximum atomic E-state index is 8.12.